The van der Waals surface area contributed by atoms with Crippen molar-refractivity contribution in [2.45, 2.75) is 40.0 Å². The van der Waals surface area contributed by atoms with E-state index in [9.17, 15) is 14.4 Å². The second kappa shape index (κ2) is 10.2. The fraction of sp³-hybridized carbons (Fsp3) is 0.360. The summed E-state index contributed by atoms with van der Waals surface area (Å²) < 4.78 is 12.7. The third-order valence-corrected chi connectivity index (χ3v) is 6.58. The van der Waals surface area contributed by atoms with E-state index < -0.39 is 5.97 Å². The number of esters is 1. The number of hydrogen-bond acceptors (Lipinski definition) is 7. The van der Waals surface area contributed by atoms with E-state index >= 15 is 0 Å². The first-order valence-electron chi connectivity index (χ1n) is 11.2. The molecule has 2 aromatic heterocycles. The van der Waals surface area contributed by atoms with E-state index in [1.165, 1.54) is 11.3 Å². The minimum atomic E-state index is -0.529. The van der Waals surface area contributed by atoms with Gasteiger partial charge < -0.3 is 14.0 Å². The van der Waals surface area contributed by atoms with Gasteiger partial charge in [-0.05, 0) is 57.5 Å². The van der Waals surface area contributed by atoms with Crippen LogP contribution in [0.3, 0.4) is 0 Å². The Hall–Kier alpha value is -3.46. The highest BCUT2D eigenvalue weighted by Crippen LogP contribution is 2.26. The Kier molecular flexibility index (Phi) is 7.12. The molecule has 3 aromatic rings. The van der Waals surface area contributed by atoms with E-state index in [1.54, 1.807) is 10.3 Å². The van der Waals surface area contributed by atoms with Gasteiger partial charge in [-0.2, -0.15) is 0 Å². The summed E-state index contributed by atoms with van der Waals surface area (Å²) in [4.78, 5) is 43.0. The number of hydrogen-bond donors (Lipinski definition) is 0. The van der Waals surface area contributed by atoms with Crippen molar-refractivity contribution in [2.75, 3.05) is 24.7 Å². The van der Waals surface area contributed by atoms with Gasteiger partial charge in [0.1, 0.15) is 5.75 Å². The number of carbonyl (C=O) groups excluding carboxylic acids is 3. The summed E-state index contributed by atoms with van der Waals surface area (Å²) >= 11 is 1.33. The van der Waals surface area contributed by atoms with Crippen molar-refractivity contribution in [1.82, 2.24) is 9.55 Å². The second-order valence-electron chi connectivity index (χ2n) is 8.08. The van der Waals surface area contributed by atoms with E-state index in [1.807, 2.05) is 55.7 Å². The molecule has 3 heterocycles. The third kappa shape index (κ3) is 5.04. The predicted octanol–water partition coefficient (Wildman–Crippen LogP) is 4.04. The zero-order valence-electron chi connectivity index (χ0n) is 19.5. The molecule has 0 spiro atoms. The normalized spacial score (nSPS) is 13.4. The number of rotatable bonds is 9. The van der Waals surface area contributed by atoms with Crippen LogP contribution in [-0.4, -0.2) is 47.0 Å². The smallest absolute Gasteiger partial charge is 0.312 e. The first-order chi connectivity index (χ1) is 16.4. The van der Waals surface area contributed by atoms with Crippen LogP contribution in [-0.2, 0) is 20.7 Å². The molecule has 178 valence electrons. The molecule has 1 amide bonds. The molecule has 1 aliphatic rings. The fourth-order valence-corrected chi connectivity index (χ4v) is 4.94. The predicted molar refractivity (Wildman–Crippen MR) is 129 cm³/mol. The maximum absolute atomic E-state index is 12.8. The lowest BCUT2D eigenvalue weighted by atomic mass is 10.1. The van der Waals surface area contributed by atoms with E-state index in [0.717, 1.165) is 29.2 Å². The SMILES string of the molecule is CCOc1ccc(-n2c(C)cc(C(=O)COC(=O)Cc3csc(N4CCCC4=O)n3)c2C)cc1. The van der Waals surface area contributed by atoms with Gasteiger partial charge in [0.2, 0.25) is 11.7 Å². The molecule has 0 aliphatic carbocycles. The average Bonchev–Trinajstić information content (AvgIpc) is 3.52. The lowest BCUT2D eigenvalue weighted by Gasteiger charge is -2.11. The molecule has 0 bridgehead atoms. The summed E-state index contributed by atoms with van der Waals surface area (Å²) in [6.07, 6.45) is 1.30. The van der Waals surface area contributed by atoms with Gasteiger partial charge in [0.05, 0.1) is 18.7 Å². The van der Waals surface area contributed by atoms with Crippen molar-refractivity contribution < 1.29 is 23.9 Å². The van der Waals surface area contributed by atoms with Crippen molar-refractivity contribution in [3.63, 3.8) is 0 Å². The van der Waals surface area contributed by atoms with Gasteiger partial charge in [0.25, 0.3) is 0 Å². The van der Waals surface area contributed by atoms with Gasteiger partial charge in [-0.1, -0.05) is 0 Å². The number of aromatic nitrogens is 2. The van der Waals surface area contributed by atoms with Crippen LogP contribution in [0.2, 0.25) is 0 Å². The van der Waals surface area contributed by atoms with Crippen LogP contribution in [0.4, 0.5) is 5.13 Å². The molecule has 1 aromatic carbocycles. The van der Waals surface area contributed by atoms with Crippen molar-refractivity contribution >= 4 is 34.1 Å². The monoisotopic (exact) mass is 481 g/mol. The van der Waals surface area contributed by atoms with E-state index in [4.69, 9.17) is 9.47 Å². The highest BCUT2D eigenvalue weighted by molar-refractivity contribution is 7.14. The Morgan fingerprint density at radius 2 is 1.94 bits per heavy atom. The highest BCUT2D eigenvalue weighted by atomic mass is 32.1. The van der Waals surface area contributed by atoms with Crippen LogP contribution in [0.1, 0.15) is 47.2 Å². The van der Waals surface area contributed by atoms with Crippen molar-refractivity contribution in [1.29, 1.82) is 0 Å². The van der Waals surface area contributed by atoms with Crippen LogP contribution in [0.15, 0.2) is 35.7 Å². The number of anilines is 1. The number of ketones is 1. The Balaban J connectivity index is 1.37. The standard InChI is InChI=1S/C25H27N3O5S/c1-4-32-20-9-7-19(8-10-20)28-16(2)12-21(17(28)3)22(29)14-33-24(31)13-18-15-34-25(26-18)27-11-5-6-23(27)30/h7-10,12,15H,4-6,11,13-14H2,1-3H3. The van der Waals surface area contributed by atoms with Crippen LogP contribution >= 0.6 is 11.3 Å². The summed E-state index contributed by atoms with van der Waals surface area (Å²) in [7, 11) is 0. The van der Waals surface area contributed by atoms with Crippen LogP contribution in [0, 0.1) is 13.8 Å². The number of aryl methyl sites for hydroxylation is 1. The Labute approximate surface area is 202 Å². The lowest BCUT2D eigenvalue weighted by molar-refractivity contribution is -0.141. The Morgan fingerprint density at radius 1 is 1.18 bits per heavy atom. The van der Waals surface area contributed by atoms with Crippen molar-refractivity contribution in [3.05, 3.63) is 58.4 Å². The quantitative estimate of drug-likeness (QED) is 0.338. The molecular weight excluding hydrogens is 454 g/mol. The maximum atomic E-state index is 12.8. The third-order valence-electron chi connectivity index (χ3n) is 5.67. The first kappa shape index (κ1) is 23.7. The van der Waals surface area contributed by atoms with E-state index in [-0.39, 0.29) is 24.7 Å². The molecular formula is C25H27N3O5S. The molecule has 1 aliphatic heterocycles. The molecule has 0 radical (unpaired) electrons. The number of carbonyl (C=O) groups is 3. The maximum Gasteiger partial charge on any atom is 0.312 e. The molecule has 1 saturated heterocycles. The molecule has 0 N–H and O–H groups in total. The largest absolute Gasteiger partial charge is 0.494 e. The summed E-state index contributed by atoms with van der Waals surface area (Å²) in [5.74, 6) is 0.0478. The van der Waals surface area contributed by atoms with Crippen LogP contribution in [0.25, 0.3) is 5.69 Å². The molecule has 8 nitrogen and oxygen atoms in total. The lowest BCUT2D eigenvalue weighted by Crippen LogP contribution is -2.23. The summed E-state index contributed by atoms with van der Waals surface area (Å²) in [5.41, 5.74) is 3.66. The number of ether oxygens (including phenoxy) is 2. The molecule has 9 heteroatoms. The first-order valence-corrected chi connectivity index (χ1v) is 12.1. The van der Waals surface area contributed by atoms with Crippen LogP contribution in [0.5, 0.6) is 5.75 Å². The Bertz CT molecular complexity index is 1210. The van der Waals surface area contributed by atoms with E-state index in [0.29, 0.717) is 36.0 Å². The van der Waals surface area contributed by atoms with Gasteiger partial charge in [0.15, 0.2) is 11.7 Å². The summed E-state index contributed by atoms with van der Waals surface area (Å²) in [6.45, 7) is 6.64. The number of benzene rings is 1. The van der Waals surface area contributed by atoms with Crippen LogP contribution < -0.4 is 9.64 Å². The zero-order valence-corrected chi connectivity index (χ0v) is 20.3. The number of thiazole rings is 1. The zero-order chi connectivity index (χ0) is 24.2. The van der Waals surface area contributed by atoms with Gasteiger partial charge in [0, 0.05) is 41.0 Å². The number of amides is 1. The van der Waals surface area contributed by atoms with E-state index in [2.05, 4.69) is 4.98 Å². The molecule has 4 rings (SSSR count). The number of Topliss-reactive ketones (excluding diaryl/α,β-unsaturated/α-hetero) is 1. The van der Waals surface area contributed by atoms with Crippen molar-refractivity contribution in [2.24, 2.45) is 0 Å². The Morgan fingerprint density at radius 3 is 2.62 bits per heavy atom. The van der Waals surface area contributed by atoms with Crippen molar-refractivity contribution in [3.8, 4) is 11.4 Å². The van der Waals surface area contributed by atoms with Gasteiger partial charge in [-0.3, -0.25) is 19.3 Å². The molecule has 0 unspecified atom stereocenters. The van der Waals surface area contributed by atoms with Gasteiger partial charge in [-0.15, -0.1) is 11.3 Å². The minimum absolute atomic E-state index is 0.0446. The average molecular weight is 482 g/mol. The minimum Gasteiger partial charge on any atom is -0.494 e. The fourth-order valence-electron chi connectivity index (χ4n) is 4.08. The highest BCUT2D eigenvalue weighted by Gasteiger charge is 2.25. The molecule has 1 fully saturated rings. The molecule has 34 heavy (non-hydrogen) atoms. The second-order valence-corrected chi connectivity index (χ2v) is 8.91. The topological polar surface area (TPSA) is 90.7 Å². The summed E-state index contributed by atoms with van der Waals surface area (Å²) in [5, 5.41) is 2.34. The molecule has 0 saturated carbocycles. The van der Waals surface area contributed by atoms with Gasteiger partial charge >= 0.3 is 5.97 Å². The number of nitrogens with zero attached hydrogens (tertiary/aromatic N) is 3. The molecule has 0 atom stereocenters. The summed E-state index contributed by atoms with van der Waals surface area (Å²) in [6, 6.07) is 9.48. The van der Waals surface area contributed by atoms with Gasteiger partial charge in [-0.25, -0.2) is 4.98 Å².